The number of nitrogens with zero attached hydrogens (tertiary/aromatic N) is 1. The van der Waals surface area contributed by atoms with Crippen molar-refractivity contribution in [2.24, 2.45) is 5.73 Å². The zero-order valence-corrected chi connectivity index (χ0v) is 16.7. The molecular formula is C16H26N6O6S. The molecule has 29 heavy (non-hydrogen) atoms. The molecule has 3 unspecified atom stereocenters. The van der Waals surface area contributed by atoms with Gasteiger partial charge in [0.1, 0.15) is 18.1 Å². The van der Waals surface area contributed by atoms with E-state index in [1.807, 2.05) is 6.26 Å². The summed E-state index contributed by atoms with van der Waals surface area (Å²) in [4.78, 5) is 54.2. The predicted molar refractivity (Wildman–Crippen MR) is 105 cm³/mol. The molecule has 0 radical (unpaired) electrons. The van der Waals surface area contributed by atoms with Crippen molar-refractivity contribution in [3.8, 4) is 0 Å². The molecule has 0 spiro atoms. The van der Waals surface area contributed by atoms with Gasteiger partial charge in [-0.25, -0.2) is 9.78 Å². The second-order valence-corrected chi connectivity index (χ2v) is 7.07. The number of aliphatic carboxylic acids is 1. The monoisotopic (exact) mass is 430 g/mol. The van der Waals surface area contributed by atoms with E-state index >= 15 is 0 Å². The minimum atomic E-state index is -1.23. The number of imidazole rings is 1. The number of rotatable bonds is 13. The maximum Gasteiger partial charge on any atom is 0.326 e. The van der Waals surface area contributed by atoms with Gasteiger partial charge in [-0.1, -0.05) is 0 Å². The summed E-state index contributed by atoms with van der Waals surface area (Å²) in [5, 5.41) is 25.3. The number of carbonyl (C=O) groups excluding carboxylic acids is 3. The molecule has 8 N–H and O–H groups in total. The first kappa shape index (κ1) is 24.4. The Morgan fingerprint density at radius 2 is 1.97 bits per heavy atom. The van der Waals surface area contributed by atoms with Gasteiger partial charge in [0.05, 0.1) is 19.5 Å². The van der Waals surface area contributed by atoms with Crippen molar-refractivity contribution in [3.63, 3.8) is 0 Å². The van der Waals surface area contributed by atoms with E-state index in [0.29, 0.717) is 11.4 Å². The summed E-state index contributed by atoms with van der Waals surface area (Å²) in [5.74, 6) is -2.70. The van der Waals surface area contributed by atoms with Crippen molar-refractivity contribution in [1.82, 2.24) is 25.9 Å². The van der Waals surface area contributed by atoms with Gasteiger partial charge >= 0.3 is 5.97 Å². The lowest BCUT2D eigenvalue weighted by Gasteiger charge is -2.21. The molecule has 3 atom stereocenters. The number of amides is 3. The molecule has 0 aromatic carbocycles. The molecule has 0 saturated carbocycles. The third-order valence-electron chi connectivity index (χ3n) is 3.81. The summed E-state index contributed by atoms with van der Waals surface area (Å²) in [7, 11) is 0. The van der Waals surface area contributed by atoms with Gasteiger partial charge < -0.3 is 36.9 Å². The summed E-state index contributed by atoms with van der Waals surface area (Å²) in [6, 6.07) is -3.35. The van der Waals surface area contributed by atoms with Crippen LogP contribution in [-0.4, -0.2) is 87.2 Å². The number of carbonyl (C=O) groups is 4. The van der Waals surface area contributed by atoms with E-state index in [-0.39, 0.29) is 12.8 Å². The van der Waals surface area contributed by atoms with Gasteiger partial charge in [0.25, 0.3) is 0 Å². The van der Waals surface area contributed by atoms with Crippen LogP contribution in [0.5, 0.6) is 0 Å². The van der Waals surface area contributed by atoms with E-state index < -0.39 is 55.0 Å². The molecule has 0 aliphatic rings. The van der Waals surface area contributed by atoms with Gasteiger partial charge in [0, 0.05) is 18.3 Å². The Bertz CT molecular complexity index is 685. The van der Waals surface area contributed by atoms with Crippen LogP contribution in [0.2, 0.25) is 0 Å². The number of carboxylic acids is 1. The van der Waals surface area contributed by atoms with Crippen molar-refractivity contribution in [2.75, 3.05) is 25.2 Å². The van der Waals surface area contributed by atoms with Crippen LogP contribution in [0.1, 0.15) is 12.1 Å². The van der Waals surface area contributed by atoms with E-state index in [4.69, 9.17) is 10.8 Å². The van der Waals surface area contributed by atoms with Crippen molar-refractivity contribution in [3.05, 3.63) is 18.2 Å². The second kappa shape index (κ2) is 12.7. The third kappa shape index (κ3) is 8.93. The molecule has 3 amide bonds. The van der Waals surface area contributed by atoms with Crippen LogP contribution in [0.25, 0.3) is 0 Å². The topological polar surface area (TPSA) is 200 Å². The van der Waals surface area contributed by atoms with E-state index in [1.165, 1.54) is 24.3 Å². The molecule has 0 bridgehead atoms. The average Bonchev–Trinajstić information content (AvgIpc) is 3.20. The second-order valence-electron chi connectivity index (χ2n) is 6.09. The first-order valence-corrected chi connectivity index (χ1v) is 10.1. The summed E-state index contributed by atoms with van der Waals surface area (Å²) in [6.45, 7) is -1.01. The van der Waals surface area contributed by atoms with E-state index in [2.05, 4.69) is 25.9 Å². The van der Waals surface area contributed by atoms with E-state index in [1.54, 1.807) is 0 Å². The molecule has 1 aromatic rings. The number of thioether (sulfide) groups is 1. The molecule has 162 valence electrons. The Labute approximate surface area is 171 Å². The fourth-order valence-corrected chi connectivity index (χ4v) is 2.69. The first-order chi connectivity index (χ1) is 13.8. The van der Waals surface area contributed by atoms with Crippen LogP contribution >= 0.6 is 11.8 Å². The Kier molecular flexibility index (Phi) is 10.7. The Morgan fingerprint density at radius 3 is 2.52 bits per heavy atom. The minimum absolute atomic E-state index is 0.000622. The normalized spacial score (nSPS) is 13.8. The highest BCUT2D eigenvalue weighted by Gasteiger charge is 2.27. The molecule has 0 aliphatic heterocycles. The SMILES string of the molecule is CSCCC(NC(=O)CNC(=O)C(N)CO)C(=O)NC(Cc1cnc[nH]1)C(=O)O. The molecular weight excluding hydrogens is 404 g/mol. The quantitative estimate of drug-likeness (QED) is 0.173. The average molecular weight is 430 g/mol. The van der Waals surface area contributed by atoms with Crippen LogP contribution in [0.4, 0.5) is 0 Å². The number of aromatic nitrogens is 2. The maximum absolute atomic E-state index is 12.6. The van der Waals surface area contributed by atoms with Crippen LogP contribution in [-0.2, 0) is 25.6 Å². The van der Waals surface area contributed by atoms with Crippen molar-refractivity contribution >= 4 is 35.5 Å². The molecule has 13 heteroatoms. The number of nitrogens with two attached hydrogens (primary N) is 1. The molecule has 1 aromatic heterocycles. The maximum atomic E-state index is 12.6. The molecule has 0 fully saturated rings. The number of aliphatic hydroxyl groups is 1. The number of aromatic amines is 1. The van der Waals surface area contributed by atoms with Crippen molar-refractivity contribution in [1.29, 1.82) is 0 Å². The smallest absolute Gasteiger partial charge is 0.326 e. The lowest BCUT2D eigenvalue weighted by molar-refractivity contribution is -0.142. The zero-order chi connectivity index (χ0) is 21.8. The lowest BCUT2D eigenvalue weighted by Crippen LogP contribution is -2.54. The molecule has 1 rings (SSSR count). The Balaban J connectivity index is 2.68. The number of aliphatic hydroxyl groups excluding tert-OH is 1. The zero-order valence-electron chi connectivity index (χ0n) is 15.9. The van der Waals surface area contributed by atoms with Crippen LogP contribution in [0.3, 0.4) is 0 Å². The van der Waals surface area contributed by atoms with Gasteiger partial charge in [0.2, 0.25) is 17.7 Å². The molecule has 1 heterocycles. The van der Waals surface area contributed by atoms with E-state index in [0.717, 1.165) is 0 Å². The molecule has 12 nitrogen and oxygen atoms in total. The van der Waals surface area contributed by atoms with Gasteiger partial charge in [-0.3, -0.25) is 14.4 Å². The number of nitrogens with one attached hydrogen (secondary N) is 4. The fraction of sp³-hybridized carbons (Fsp3) is 0.562. The Morgan fingerprint density at radius 1 is 1.24 bits per heavy atom. The van der Waals surface area contributed by atoms with Crippen molar-refractivity contribution < 1.29 is 29.4 Å². The number of hydrogen-bond acceptors (Lipinski definition) is 8. The number of carboxylic acid groups (broad SMARTS) is 1. The predicted octanol–water partition coefficient (Wildman–Crippen LogP) is -2.80. The van der Waals surface area contributed by atoms with Crippen LogP contribution < -0.4 is 21.7 Å². The summed E-state index contributed by atoms with van der Waals surface area (Å²) >= 11 is 1.45. The number of hydrogen-bond donors (Lipinski definition) is 7. The highest BCUT2D eigenvalue weighted by Crippen LogP contribution is 2.04. The van der Waals surface area contributed by atoms with Gasteiger partial charge in [-0.2, -0.15) is 11.8 Å². The van der Waals surface area contributed by atoms with Crippen LogP contribution in [0.15, 0.2) is 12.5 Å². The van der Waals surface area contributed by atoms with Gasteiger partial charge in [-0.05, 0) is 18.4 Å². The Hall–Kier alpha value is -2.64. The summed E-state index contributed by atoms with van der Waals surface area (Å²) < 4.78 is 0. The van der Waals surface area contributed by atoms with Crippen LogP contribution in [0, 0.1) is 0 Å². The first-order valence-electron chi connectivity index (χ1n) is 8.71. The summed E-state index contributed by atoms with van der Waals surface area (Å²) in [5.41, 5.74) is 5.87. The largest absolute Gasteiger partial charge is 0.480 e. The standard InChI is InChI=1S/C16H26N6O6S/c1-29-3-2-11(21-13(24)6-19-14(25)10(17)7-23)15(26)22-12(16(27)28)4-9-5-18-8-20-9/h5,8,10-12,23H,2-4,6-7,17H2,1H3,(H,18,20)(H,19,25)(H,21,24)(H,22,26)(H,27,28). The molecule has 0 saturated heterocycles. The lowest BCUT2D eigenvalue weighted by atomic mass is 10.1. The van der Waals surface area contributed by atoms with Gasteiger partial charge in [0.15, 0.2) is 0 Å². The minimum Gasteiger partial charge on any atom is -0.480 e. The summed E-state index contributed by atoms with van der Waals surface area (Å²) in [6.07, 6.45) is 4.94. The molecule has 0 aliphatic carbocycles. The van der Waals surface area contributed by atoms with Crippen molar-refractivity contribution in [2.45, 2.75) is 31.0 Å². The highest BCUT2D eigenvalue weighted by atomic mass is 32.2. The fourth-order valence-electron chi connectivity index (χ4n) is 2.22. The van der Waals surface area contributed by atoms with E-state index in [9.17, 15) is 24.3 Å². The highest BCUT2D eigenvalue weighted by molar-refractivity contribution is 7.98. The van der Waals surface area contributed by atoms with Gasteiger partial charge in [-0.15, -0.1) is 0 Å². The third-order valence-corrected chi connectivity index (χ3v) is 4.46. The number of H-pyrrole nitrogens is 1.